The number of likely N-dealkylation sites (N-methyl/N-ethyl adjacent to an activating group) is 2. The van der Waals surface area contributed by atoms with Crippen LogP contribution in [0.25, 0.3) is 0 Å². The van der Waals surface area contributed by atoms with Crippen molar-refractivity contribution in [1.82, 2.24) is 10.2 Å². The third-order valence-electron chi connectivity index (χ3n) is 4.72. The number of carbonyl (C=O) groups excluding carboxylic acids is 1. The van der Waals surface area contributed by atoms with E-state index in [4.69, 9.17) is 14.6 Å². The van der Waals surface area contributed by atoms with E-state index in [1.165, 1.54) is 11.3 Å². The maximum atomic E-state index is 11.4. The van der Waals surface area contributed by atoms with Gasteiger partial charge in [-0.1, -0.05) is 6.92 Å². The van der Waals surface area contributed by atoms with E-state index in [1.54, 1.807) is 7.05 Å². The number of nitrogens with zero attached hydrogens (tertiary/aromatic N) is 2. The highest BCUT2D eigenvalue weighted by atomic mass is 16.5. The van der Waals surface area contributed by atoms with E-state index < -0.39 is 12.2 Å². The maximum absolute atomic E-state index is 11.4. The largest absolute Gasteiger partial charge is 0.465 e. The average molecular weight is 336 g/mol. The fourth-order valence-corrected chi connectivity index (χ4v) is 3.78. The van der Waals surface area contributed by atoms with Gasteiger partial charge in [-0.05, 0) is 37.2 Å². The van der Waals surface area contributed by atoms with Gasteiger partial charge in [-0.15, -0.1) is 0 Å². The second-order valence-corrected chi connectivity index (χ2v) is 6.29. The summed E-state index contributed by atoms with van der Waals surface area (Å²) in [7, 11) is 5.86. The van der Waals surface area contributed by atoms with E-state index in [1.807, 2.05) is 18.2 Å². The third-order valence-corrected chi connectivity index (χ3v) is 4.72. The van der Waals surface area contributed by atoms with E-state index in [2.05, 4.69) is 41.9 Å². The van der Waals surface area contributed by atoms with Gasteiger partial charge in [0.05, 0.1) is 6.17 Å². The van der Waals surface area contributed by atoms with E-state index in [9.17, 15) is 4.79 Å². The Morgan fingerprint density at radius 2 is 2.04 bits per heavy atom. The molecule has 1 aromatic carbocycles. The van der Waals surface area contributed by atoms with Crippen LogP contribution in [-0.4, -0.2) is 56.0 Å². The van der Waals surface area contributed by atoms with Crippen LogP contribution in [-0.2, 0) is 5.41 Å². The number of fused-ring (bicyclic) bond motifs is 3. The van der Waals surface area contributed by atoms with Gasteiger partial charge < -0.3 is 25.8 Å². The number of ether oxygens (including phenoxy) is 1. The number of nitrogens with one attached hydrogen (secondary N) is 1. The Balaban J connectivity index is 0.000000471. The number of hydrogen-bond donors (Lipinski definition) is 3. The molecule has 2 unspecified atom stereocenters. The summed E-state index contributed by atoms with van der Waals surface area (Å²) in [6, 6.07) is 5.92. The van der Waals surface area contributed by atoms with Crippen LogP contribution in [0.2, 0.25) is 0 Å². The fraction of sp³-hybridized carbons (Fsp3) is 0.500. The van der Waals surface area contributed by atoms with Gasteiger partial charge in [0, 0.05) is 31.7 Å². The summed E-state index contributed by atoms with van der Waals surface area (Å²) in [6.07, 6.45) is -0.260. The number of primary amides is 1. The summed E-state index contributed by atoms with van der Waals surface area (Å²) in [5.41, 5.74) is 6.63. The number of anilines is 1. The fourth-order valence-electron chi connectivity index (χ4n) is 3.78. The monoisotopic (exact) mass is 336 g/mol. The summed E-state index contributed by atoms with van der Waals surface area (Å²) in [5.74, 6) is 0.605. The van der Waals surface area contributed by atoms with Gasteiger partial charge in [0.15, 0.2) is 0 Å². The molecule has 24 heavy (non-hydrogen) atoms. The lowest BCUT2D eigenvalue weighted by Gasteiger charge is -2.32. The molecule has 0 saturated carbocycles. The Bertz CT molecular complexity index is 647. The van der Waals surface area contributed by atoms with E-state index in [0.29, 0.717) is 11.9 Å². The standard InChI is InChI=1S/C15H21N3O2.CH3NO2/c1-15-7-8-17(3)13(15)18(4)12-6-5-10(9-11(12)15)20-14(19)16-2;2-1(3)4/h5-6,9,13H,7-8H2,1-4H3,(H,16,19);2H2,(H,3,4). The quantitative estimate of drug-likeness (QED) is 0.715. The van der Waals surface area contributed by atoms with Crippen molar-refractivity contribution in [2.75, 3.05) is 32.6 Å². The molecule has 0 aromatic heterocycles. The Morgan fingerprint density at radius 3 is 2.62 bits per heavy atom. The van der Waals surface area contributed by atoms with Crippen molar-refractivity contribution >= 4 is 17.9 Å². The minimum atomic E-state index is -1.33. The molecule has 1 aromatic rings. The first-order valence-electron chi connectivity index (χ1n) is 7.66. The molecule has 0 bridgehead atoms. The molecule has 0 radical (unpaired) electrons. The summed E-state index contributed by atoms with van der Waals surface area (Å²) in [4.78, 5) is 24.8. The highest BCUT2D eigenvalue weighted by molar-refractivity contribution is 5.72. The van der Waals surface area contributed by atoms with Gasteiger partial charge in [-0.2, -0.15) is 0 Å². The molecule has 0 spiro atoms. The van der Waals surface area contributed by atoms with Crippen molar-refractivity contribution < 1.29 is 19.4 Å². The summed E-state index contributed by atoms with van der Waals surface area (Å²) < 4.78 is 5.26. The first-order valence-corrected chi connectivity index (χ1v) is 7.66. The normalized spacial score (nSPS) is 24.5. The van der Waals surface area contributed by atoms with E-state index in [0.717, 1.165) is 13.0 Å². The van der Waals surface area contributed by atoms with Gasteiger partial charge in [0.25, 0.3) is 0 Å². The van der Waals surface area contributed by atoms with Crippen molar-refractivity contribution in [2.45, 2.75) is 24.9 Å². The smallest absolute Gasteiger partial charge is 0.412 e. The Kier molecular flexibility index (Phi) is 4.88. The Morgan fingerprint density at radius 1 is 1.42 bits per heavy atom. The molecule has 2 aliphatic heterocycles. The molecule has 8 nitrogen and oxygen atoms in total. The van der Waals surface area contributed by atoms with E-state index >= 15 is 0 Å². The predicted octanol–water partition coefficient (Wildman–Crippen LogP) is 1.40. The number of amides is 2. The van der Waals surface area contributed by atoms with Crippen molar-refractivity contribution in [3.8, 4) is 5.75 Å². The number of carbonyl (C=O) groups is 2. The molecule has 3 rings (SSSR count). The zero-order chi connectivity index (χ0) is 18.1. The SMILES string of the molecule is CNC(=O)Oc1ccc2c(c1)C1(C)CCN(C)C1N2C.NC(=O)O. The van der Waals surface area contributed by atoms with Crippen LogP contribution in [0.1, 0.15) is 18.9 Å². The highest BCUT2D eigenvalue weighted by Gasteiger charge is 2.52. The van der Waals surface area contributed by atoms with Crippen LogP contribution in [0, 0.1) is 0 Å². The number of hydrogen-bond acceptors (Lipinski definition) is 5. The molecule has 1 fully saturated rings. The van der Waals surface area contributed by atoms with Gasteiger partial charge in [-0.25, -0.2) is 9.59 Å². The highest BCUT2D eigenvalue weighted by Crippen LogP contribution is 2.51. The maximum Gasteiger partial charge on any atom is 0.412 e. The van der Waals surface area contributed by atoms with Crippen LogP contribution in [0.4, 0.5) is 15.3 Å². The van der Waals surface area contributed by atoms with Crippen molar-refractivity contribution in [1.29, 1.82) is 0 Å². The Labute approximate surface area is 141 Å². The molecular formula is C16H24N4O4. The second-order valence-electron chi connectivity index (χ2n) is 6.29. The van der Waals surface area contributed by atoms with Gasteiger partial charge >= 0.3 is 12.2 Å². The molecule has 1 saturated heterocycles. The third kappa shape index (κ3) is 3.09. The summed E-state index contributed by atoms with van der Waals surface area (Å²) in [6.45, 7) is 3.39. The van der Waals surface area contributed by atoms with Crippen LogP contribution in [0.5, 0.6) is 5.75 Å². The van der Waals surface area contributed by atoms with Crippen LogP contribution < -0.4 is 20.7 Å². The first kappa shape index (κ1) is 17.9. The van der Waals surface area contributed by atoms with E-state index in [-0.39, 0.29) is 5.41 Å². The molecule has 0 aliphatic carbocycles. The zero-order valence-corrected chi connectivity index (χ0v) is 14.4. The minimum Gasteiger partial charge on any atom is -0.465 e. The molecule has 2 amide bonds. The average Bonchev–Trinajstić information content (AvgIpc) is 2.92. The van der Waals surface area contributed by atoms with Crippen molar-refractivity contribution in [2.24, 2.45) is 5.73 Å². The lowest BCUT2D eigenvalue weighted by Crippen LogP contribution is -2.45. The molecule has 4 N–H and O–H groups in total. The summed E-state index contributed by atoms with van der Waals surface area (Å²) >= 11 is 0. The number of likely N-dealkylation sites (tertiary alicyclic amines) is 1. The number of benzene rings is 1. The minimum absolute atomic E-state index is 0.0981. The van der Waals surface area contributed by atoms with Gasteiger partial charge in [0.2, 0.25) is 0 Å². The lowest BCUT2D eigenvalue weighted by molar-refractivity contribution is 0.202. The molecule has 2 aliphatic rings. The van der Waals surface area contributed by atoms with Crippen LogP contribution in [0.15, 0.2) is 18.2 Å². The molecule has 2 atom stereocenters. The molecule has 2 heterocycles. The lowest BCUT2D eigenvalue weighted by atomic mass is 9.81. The van der Waals surface area contributed by atoms with Crippen LogP contribution >= 0.6 is 0 Å². The molecular weight excluding hydrogens is 312 g/mol. The van der Waals surface area contributed by atoms with Crippen molar-refractivity contribution in [3.63, 3.8) is 0 Å². The second kappa shape index (κ2) is 6.56. The topological polar surface area (TPSA) is 108 Å². The zero-order valence-electron chi connectivity index (χ0n) is 14.4. The number of carboxylic acid groups (broad SMARTS) is 1. The van der Waals surface area contributed by atoms with Gasteiger partial charge in [0.1, 0.15) is 5.75 Å². The summed E-state index contributed by atoms with van der Waals surface area (Å²) in [5, 5.41) is 9.67. The van der Waals surface area contributed by atoms with Gasteiger partial charge in [-0.3, -0.25) is 4.90 Å². The molecule has 132 valence electrons. The Hall–Kier alpha value is -2.48. The number of rotatable bonds is 1. The predicted molar refractivity (Wildman–Crippen MR) is 90.5 cm³/mol. The molecule has 8 heteroatoms. The van der Waals surface area contributed by atoms with Crippen molar-refractivity contribution in [3.05, 3.63) is 23.8 Å². The number of nitrogens with two attached hydrogens (primary N) is 1. The first-order chi connectivity index (χ1) is 11.2. The van der Waals surface area contributed by atoms with Crippen LogP contribution in [0.3, 0.4) is 0 Å².